The van der Waals surface area contributed by atoms with Crippen molar-refractivity contribution in [2.24, 2.45) is 5.73 Å². The van der Waals surface area contributed by atoms with Gasteiger partial charge in [-0.3, -0.25) is 4.79 Å². The van der Waals surface area contributed by atoms with Crippen LogP contribution in [0.4, 0.5) is 4.79 Å². The van der Waals surface area contributed by atoms with Crippen LogP contribution in [0, 0.1) is 0 Å². The molecule has 9 heavy (non-hydrogen) atoms. The van der Waals surface area contributed by atoms with Crippen LogP contribution in [0.5, 0.6) is 0 Å². The Hall–Kier alpha value is -1.26. The zero-order valence-electron chi connectivity index (χ0n) is 4.92. The Morgan fingerprint density at radius 3 is 2.33 bits per heavy atom. The van der Waals surface area contributed by atoms with E-state index in [-0.39, 0.29) is 0 Å². The van der Waals surface area contributed by atoms with Gasteiger partial charge in [-0.2, -0.15) is 0 Å². The second kappa shape index (κ2) is 3.71. The summed E-state index contributed by atoms with van der Waals surface area (Å²) in [5.74, 6) is -0.517. The monoisotopic (exact) mass is 133 g/mol. The molecule has 5 heteroatoms. The number of hydrogen-bond acceptors (Lipinski definition) is 4. The summed E-state index contributed by atoms with van der Waals surface area (Å²) in [6.45, 7) is 0.787. The highest BCUT2D eigenvalue weighted by Gasteiger charge is 1.93. The molecule has 0 saturated carbocycles. The van der Waals surface area contributed by atoms with Gasteiger partial charge in [0.25, 0.3) is 0 Å². The summed E-state index contributed by atoms with van der Waals surface area (Å²) in [6, 6.07) is 0. The Labute approximate surface area is 51.7 Å². The molecule has 0 aliphatic carbocycles. The summed E-state index contributed by atoms with van der Waals surface area (Å²) in [5.41, 5.74) is 4.53. The highest BCUT2D eigenvalue weighted by molar-refractivity contribution is 5.67. The van der Waals surface area contributed by atoms with E-state index in [1.807, 2.05) is 0 Å². The van der Waals surface area contributed by atoms with E-state index >= 15 is 0 Å². The molecule has 5 nitrogen and oxygen atoms in total. The molecule has 52 valence electrons. The predicted octanol–water partition coefficient (Wildman–Crippen LogP) is -0.398. The first-order chi connectivity index (χ1) is 4.13. The molecule has 0 unspecified atom stereocenters. The van der Waals surface area contributed by atoms with Gasteiger partial charge in [0, 0.05) is 6.92 Å². The van der Waals surface area contributed by atoms with Crippen molar-refractivity contribution >= 4 is 12.1 Å². The Morgan fingerprint density at radius 2 is 2.00 bits per heavy atom. The molecule has 1 amide bonds. The molecule has 0 rings (SSSR count). The van der Waals surface area contributed by atoms with Crippen molar-refractivity contribution < 1.29 is 19.1 Å². The van der Waals surface area contributed by atoms with Crippen LogP contribution in [-0.2, 0) is 14.3 Å². The van der Waals surface area contributed by atoms with E-state index in [1.54, 1.807) is 0 Å². The summed E-state index contributed by atoms with van der Waals surface area (Å²) >= 11 is 0. The summed E-state index contributed by atoms with van der Waals surface area (Å²) in [6.07, 6.45) is -0.962. The minimum Gasteiger partial charge on any atom is -0.428 e. The molecule has 0 fully saturated rings. The number of nitrogens with two attached hydrogens (primary N) is 1. The molecule has 0 bridgehead atoms. The molecule has 0 atom stereocenters. The fourth-order valence-corrected chi connectivity index (χ4v) is 0.171. The maximum atomic E-state index is 9.97. The number of primary amides is 1. The van der Waals surface area contributed by atoms with Crippen LogP contribution in [0.25, 0.3) is 0 Å². The molecule has 0 aliphatic heterocycles. The van der Waals surface area contributed by atoms with Gasteiger partial charge in [-0.1, -0.05) is 0 Å². The van der Waals surface area contributed by atoms with Gasteiger partial charge in [0.2, 0.25) is 6.79 Å². The summed E-state index contributed by atoms with van der Waals surface area (Å²) in [4.78, 5) is 19.8. The van der Waals surface area contributed by atoms with E-state index in [0.717, 1.165) is 0 Å². The summed E-state index contributed by atoms with van der Waals surface area (Å²) < 4.78 is 8.24. The number of rotatable bonds is 2. The van der Waals surface area contributed by atoms with Gasteiger partial charge in [0.1, 0.15) is 0 Å². The lowest BCUT2D eigenvalue weighted by atomic mass is 10.8. The first-order valence-electron chi connectivity index (χ1n) is 2.18. The molecule has 0 aliphatic rings. The topological polar surface area (TPSA) is 78.6 Å². The SMILES string of the molecule is CC(=O)OCOC(N)=O. The summed E-state index contributed by atoms with van der Waals surface area (Å²) in [7, 11) is 0. The lowest BCUT2D eigenvalue weighted by molar-refractivity contribution is -0.148. The number of ether oxygens (including phenoxy) is 2. The predicted molar refractivity (Wildman–Crippen MR) is 27.3 cm³/mol. The molecule has 0 saturated heterocycles. The van der Waals surface area contributed by atoms with Gasteiger partial charge in [-0.25, -0.2) is 4.79 Å². The Morgan fingerprint density at radius 1 is 1.44 bits per heavy atom. The van der Waals surface area contributed by atoms with Crippen LogP contribution in [0.2, 0.25) is 0 Å². The lowest BCUT2D eigenvalue weighted by Crippen LogP contribution is -2.16. The minimum atomic E-state index is -0.962. The fraction of sp³-hybridized carbons (Fsp3) is 0.500. The number of carbonyl (C=O) groups is 2. The van der Waals surface area contributed by atoms with Crippen molar-refractivity contribution in [3.05, 3.63) is 0 Å². The molecule has 0 radical (unpaired) electrons. The number of esters is 1. The van der Waals surface area contributed by atoms with E-state index in [1.165, 1.54) is 6.92 Å². The maximum Gasteiger partial charge on any atom is 0.407 e. The number of carbonyl (C=O) groups excluding carboxylic acids is 2. The van der Waals surface area contributed by atoms with Crippen LogP contribution in [-0.4, -0.2) is 18.9 Å². The van der Waals surface area contributed by atoms with Gasteiger partial charge < -0.3 is 15.2 Å². The van der Waals surface area contributed by atoms with Crippen molar-refractivity contribution in [1.29, 1.82) is 0 Å². The molecular formula is C4H7NO4. The van der Waals surface area contributed by atoms with Crippen molar-refractivity contribution in [3.63, 3.8) is 0 Å². The summed E-state index contributed by atoms with van der Waals surface area (Å²) in [5, 5.41) is 0. The van der Waals surface area contributed by atoms with E-state index in [2.05, 4.69) is 15.2 Å². The zero-order chi connectivity index (χ0) is 7.28. The van der Waals surface area contributed by atoms with Gasteiger partial charge in [0.15, 0.2) is 0 Å². The minimum absolute atomic E-state index is 0.412. The Kier molecular flexibility index (Phi) is 3.19. The van der Waals surface area contributed by atoms with Crippen molar-refractivity contribution in [3.8, 4) is 0 Å². The first-order valence-corrected chi connectivity index (χ1v) is 2.18. The molecule has 0 heterocycles. The number of hydrogen-bond donors (Lipinski definition) is 1. The largest absolute Gasteiger partial charge is 0.428 e. The van der Waals surface area contributed by atoms with Gasteiger partial charge in [-0.15, -0.1) is 0 Å². The van der Waals surface area contributed by atoms with Crippen molar-refractivity contribution in [2.45, 2.75) is 6.92 Å². The third-order valence-corrected chi connectivity index (χ3v) is 0.463. The third-order valence-electron chi connectivity index (χ3n) is 0.463. The molecule has 2 N–H and O–H groups in total. The Balaban J connectivity index is 3.10. The average molecular weight is 133 g/mol. The molecule has 0 spiro atoms. The maximum absolute atomic E-state index is 9.97. The van der Waals surface area contributed by atoms with Gasteiger partial charge in [-0.05, 0) is 0 Å². The Bertz CT molecular complexity index is 108. The van der Waals surface area contributed by atoms with E-state index < -0.39 is 18.9 Å². The molecular weight excluding hydrogens is 126 g/mol. The standard InChI is InChI=1S/C4H7NO4/c1-3(6)8-2-9-4(5)7/h2H2,1H3,(H2,5,7). The van der Waals surface area contributed by atoms with E-state index in [9.17, 15) is 9.59 Å². The molecule has 0 aromatic carbocycles. The van der Waals surface area contributed by atoms with Crippen molar-refractivity contribution in [1.82, 2.24) is 0 Å². The molecule has 0 aromatic rings. The highest BCUT2D eigenvalue weighted by atomic mass is 16.7. The molecule has 0 aromatic heterocycles. The fourth-order valence-electron chi connectivity index (χ4n) is 0.171. The van der Waals surface area contributed by atoms with E-state index in [4.69, 9.17) is 0 Å². The second-order valence-electron chi connectivity index (χ2n) is 1.22. The van der Waals surface area contributed by atoms with Gasteiger partial charge >= 0.3 is 12.1 Å². The van der Waals surface area contributed by atoms with Crippen LogP contribution in [0.3, 0.4) is 0 Å². The second-order valence-corrected chi connectivity index (χ2v) is 1.22. The smallest absolute Gasteiger partial charge is 0.407 e. The quantitative estimate of drug-likeness (QED) is 0.410. The van der Waals surface area contributed by atoms with Crippen LogP contribution < -0.4 is 5.73 Å². The van der Waals surface area contributed by atoms with Crippen LogP contribution in [0.1, 0.15) is 6.92 Å². The van der Waals surface area contributed by atoms with E-state index in [0.29, 0.717) is 0 Å². The number of amides is 1. The highest BCUT2D eigenvalue weighted by Crippen LogP contribution is 1.77. The lowest BCUT2D eigenvalue weighted by Gasteiger charge is -1.98. The van der Waals surface area contributed by atoms with Crippen LogP contribution in [0.15, 0.2) is 0 Å². The average Bonchev–Trinajstić information content (AvgIpc) is 1.63. The van der Waals surface area contributed by atoms with Crippen molar-refractivity contribution in [2.75, 3.05) is 6.79 Å². The first kappa shape index (κ1) is 7.74. The zero-order valence-corrected chi connectivity index (χ0v) is 4.92. The van der Waals surface area contributed by atoms with Crippen LogP contribution >= 0.6 is 0 Å². The normalized spacial score (nSPS) is 8.11. The van der Waals surface area contributed by atoms with Gasteiger partial charge in [0.05, 0.1) is 0 Å². The third kappa shape index (κ3) is 6.74.